The summed E-state index contributed by atoms with van der Waals surface area (Å²) in [6.07, 6.45) is 1.18. The maximum atomic E-state index is 3.72. The molecule has 0 spiro atoms. The number of benzene rings is 1. The molecule has 1 fully saturated rings. The van der Waals surface area contributed by atoms with Gasteiger partial charge in [0.1, 0.15) is 0 Å². The molecule has 0 saturated carbocycles. The van der Waals surface area contributed by atoms with Gasteiger partial charge in [0, 0.05) is 37.8 Å². The highest BCUT2D eigenvalue weighted by Crippen LogP contribution is 2.26. The molecule has 1 saturated heterocycles. The Morgan fingerprint density at radius 3 is 2.48 bits per heavy atom. The van der Waals surface area contributed by atoms with Crippen LogP contribution in [0.15, 0.2) is 30.3 Å². The molecular formula is C18H31N3. The molecule has 0 aliphatic carbocycles. The number of piperazine rings is 1. The van der Waals surface area contributed by atoms with E-state index in [1.165, 1.54) is 31.6 Å². The lowest BCUT2D eigenvalue weighted by Gasteiger charge is -2.45. The third kappa shape index (κ3) is 4.06. The van der Waals surface area contributed by atoms with Gasteiger partial charge in [-0.15, -0.1) is 0 Å². The van der Waals surface area contributed by atoms with Crippen LogP contribution in [-0.2, 0) is 0 Å². The lowest BCUT2D eigenvalue weighted by molar-refractivity contribution is 0.0428. The molecule has 0 amide bonds. The van der Waals surface area contributed by atoms with Gasteiger partial charge in [0.25, 0.3) is 0 Å². The fourth-order valence-electron chi connectivity index (χ4n) is 3.66. The highest BCUT2D eigenvalue weighted by atomic mass is 15.3. The molecule has 21 heavy (non-hydrogen) atoms. The van der Waals surface area contributed by atoms with Crippen LogP contribution in [0.5, 0.6) is 0 Å². The van der Waals surface area contributed by atoms with Gasteiger partial charge in [0.15, 0.2) is 0 Å². The van der Waals surface area contributed by atoms with Crippen LogP contribution in [0, 0.1) is 0 Å². The zero-order chi connectivity index (χ0) is 15.2. The molecule has 0 aromatic heterocycles. The van der Waals surface area contributed by atoms with E-state index >= 15 is 0 Å². The first-order valence-electron chi connectivity index (χ1n) is 8.40. The van der Waals surface area contributed by atoms with Crippen molar-refractivity contribution in [3.63, 3.8) is 0 Å². The number of nitrogens with one attached hydrogen (secondary N) is 1. The fourth-order valence-corrected chi connectivity index (χ4v) is 3.66. The maximum absolute atomic E-state index is 3.72. The first kappa shape index (κ1) is 16.5. The second-order valence-electron chi connectivity index (χ2n) is 6.27. The van der Waals surface area contributed by atoms with Crippen molar-refractivity contribution in [2.45, 2.75) is 45.3 Å². The van der Waals surface area contributed by atoms with Crippen molar-refractivity contribution in [3.8, 4) is 0 Å². The smallest absolute Gasteiger partial charge is 0.0478 e. The monoisotopic (exact) mass is 289 g/mol. The molecule has 1 heterocycles. The molecule has 2 rings (SSSR count). The van der Waals surface area contributed by atoms with Gasteiger partial charge in [-0.05, 0) is 32.5 Å². The Hall–Kier alpha value is -0.900. The van der Waals surface area contributed by atoms with E-state index in [2.05, 4.69) is 73.3 Å². The van der Waals surface area contributed by atoms with Crippen LogP contribution in [0.4, 0.5) is 0 Å². The summed E-state index contributed by atoms with van der Waals surface area (Å²) in [5.74, 6) is 0. The Morgan fingerprint density at radius 2 is 1.90 bits per heavy atom. The van der Waals surface area contributed by atoms with Crippen LogP contribution < -0.4 is 5.32 Å². The van der Waals surface area contributed by atoms with Crippen molar-refractivity contribution in [3.05, 3.63) is 35.9 Å². The van der Waals surface area contributed by atoms with Crippen molar-refractivity contribution in [2.24, 2.45) is 0 Å². The summed E-state index contributed by atoms with van der Waals surface area (Å²) in [7, 11) is 2.23. The standard InChI is InChI=1S/C18H31N3/c1-5-17(21-13-12-20(4)14-15(21)3)18(19-6-2)16-10-8-7-9-11-16/h7-11,15,17-19H,5-6,12-14H2,1-4H3. The van der Waals surface area contributed by atoms with Gasteiger partial charge in [0.05, 0.1) is 0 Å². The largest absolute Gasteiger partial charge is 0.309 e. The quantitative estimate of drug-likeness (QED) is 0.869. The Balaban J connectivity index is 2.19. The summed E-state index contributed by atoms with van der Waals surface area (Å²) in [5, 5.41) is 3.72. The third-order valence-electron chi connectivity index (χ3n) is 4.69. The topological polar surface area (TPSA) is 18.5 Å². The van der Waals surface area contributed by atoms with Crippen LogP contribution in [0.3, 0.4) is 0 Å². The molecule has 118 valence electrons. The lowest BCUT2D eigenvalue weighted by Crippen LogP contribution is -2.57. The molecule has 3 unspecified atom stereocenters. The molecule has 1 aromatic rings. The van der Waals surface area contributed by atoms with Crippen LogP contribution in [0.2, 0.25) is 0 Å². The van der Waals surface area contributed by atoms with Gasteiger partial charge in [-0.1, -0.05) is 44.2 Å². The second-order valence-corrected chi connectivity index (χ2v) is 6.27. The third-order valence-corrected chi connectivity index (χ3v) is 4.69. The summed E-state index contributed by atoms with van der Waals surface area (Å²) < 4.78 is 0. The van der Waals surface area contributed by atoms with Crippen molar-refractivity contribution >= 4 is 0 Å². The number of likely N-dealkylation sites (N-methyl/N-ethyl adjacent to an activating group) is 2. The van der Waals surface area contributed by atoms with Crippen molar-refractivity contribution in [1.82, 2.24) is 15.1 Å². The number of hydrogen-bond donors (Lipinski definition) is 1. The average Bonchev–Trinajstić information content (AvgIpc) is 2.50. The predicted octanol–water partition coefficient (Wildman–Crippen LogP) is 2.75. The minimum Gasteiger partial charge on any atom is -0.309 e. The Kier molecular flexibility index (Phi) is 6.22. The Bertz CT molecular complexity index is 406. The molecule has 3 atom stereocenters. The zero-order valence-corrected chi connectivity index (χ0v) is 14.0. The Morgan fingerprint density at radius 1 is 1.19 bits per heavy atom. The fraction of sp³-hybridized carbons (Fsp3) is 0.667. The van der Waals surface area contributed by atoms with Gasteiger partial charge in [-0.2, -0.15) is 0 Å². The molecule has 3 nitrogen and oxygen atoms in total. The van der Waals surface area contributed by atoms with Crippen LogP contribution in [-0.4, -0.2) is 55.1 Å². The summed E-state index contributed by atoms with van der Waals surface area (Å²) in [6.45, 7) is 11.4. The van der Waals surface area contributed by atoms with Crippen LogP contribution in [0.1, 0.15) is 38.8 Å². The van der Waals surface area contributed by atoms with Crippen LogP contribution >= 0.6 is 0 Å². The van der Waals surface area contributed by atoms with Gasteiger partial charge in [0.2, 0.25) is 0 Å². The normalized spacial score (nSPS) is 23.9. The van der Waals surface area contributed by atoms with E-state index in [1.807, 2.05) is 0 Å². The second kappa shape index (κ2) is 7.92. The van der Waals surface area contributed by atoms with Gasteiger partial charge >= 0.3 is 0 Å². The minimum atomic E-state index is 0.423. The zero-order valence-electron chi connectivity index (χ0n) is 14.0. The molecule has 0 radical (unpaired) electrons. The van der Waals surface area contributed by atoms with E-state index in [0.29, 0.717) is 18.1 Å². The van der Waals surface area contributed by atoms with Crippen molar-refractivity contribution in [2.75, 3.05) is 33.2 Å². The molecule has 1 N–H and O–H groups in total. The highest BCUT2D eigenvalue weighted by molar-refractivity contribution is 5.21. The Labute approximate surface area is 130 Å². The lowest BCUT2D eigenvalue weighted by atomic mass is 9.94. The average molecular weight is 289 g/mol. The van der Waals surface area contributed by atoms with Gasteiger partial charge in [-0.3, -0.25) is 4.90 Å². The molecule has 1 aliphatic rings. The molecule has 0 bridgehead atoms. The van der Waals surface area contributed by atoms with Crippen molar-refractivity contribution < 1.29 is 0 Å². The van der Waals surface area contributed by atoms with E-state index in [9.17, 15) is 0 Å². The summed E-state index contributed by atoms with van der Waals surface area (Å²) >= 11 is 0. The first-order chi connectivity index (χ1) is 10.2. The number of hydrogen-bond acceptors (Lipinski definition) is 3. The maximum Gasteiger partial charge on any atom is 0.0478 e. The predicted molar refractivity (Wildman–Crippen MR) is 90.6 cm³/mol. The summed E-state index contributed by atoms with van der Waals surface area (Å²) in [5.41, 5.74) is 1.41. The summed E-state index contributed by atoms with van der Waals surface area (Å²) in [4.78, 5) is 5.15. The molecular weight excluding hydrogens is 258 g/mol. The first-order valence-corrected chi connectivity index (χ1v) is 8.40. The van der Waals surface area contributed by atoms with Crippen molar-refractivity contribution in [1.29, 1.82) is 0 Å². The molecule has 1 aromatic carbocycles. The minimum absolute atomic E-state index is 0.423. The van der Waals surface area contributed by atoms with E-state index in [0.717, 1.165) is 6.54 Å². The van der Waals surface area contributed by atoms with E-state index in [4.69, 9.17) is 0 Å². The molecule has 3 heteroatoms. The SMILES string of the molecule is CCNC(c1ccccc1)C(CC)N1CCN(C)CC1C. The summed E-state index contributed by atoms with van der Waals surface area (Å²) in [6, 6.07) is 12.5. The van der Waals surface area contributed by atoms with Gasteiger partial charge in [-0.25, -0.2) is 0 Å². The van der Waals surface area contributed by atoms with E-state index in [-0.39, 0.29) is 0 Å². The number of rotatable bonds is 6. The van der Waals surface area contributed by atoms with E-state index < -0.39 is 0 Å². The highest BCUT2D eigenvalue weighted by Gasteiger charge is 2.32. The van der Waals surface area contributed by atoms with E-state index in [1.54, 1.807) is 0 Å². The van der Waals surface area contributed by atoms with Gasteiger partial charge < -0.3 is 10.2 Å². The van der Waals surface area contributed by atoms with Crippen LogP contribution in [0.25, 0.3) is 0 Å². The molecule has 1 aliphatic heterocycles. The number of nitrogens with zero attached hydrogens (tertiary/aromatic N) is 2.